The number of nitrogens with zero attached hydrogens (tertiary/aromatic N) is 9. The fourth-order valence-corrected chi connectivity index (χ4v) is 5.39. The van der Waals surface area contributed by atoms with Crippen LogP contribution in [0, 0.1) is 0 Å². The van der Waals surface area contributed by atoms with E-state index < -0.39 is 0 Å². The summed E-state index contributed by atoms with van der Waals surface area (Å²) in [6, 6.07) is 13.4. The van der Waals surface area contributed by atoms with E-state index in [4.69, 9.17) is 31.0 Å². The third-order valence-electron chi connectivity index (χ3n) is 7.57. The van der Waals surface area contributed by atoms with E-state index in [-0.39, 0.29) is 12.2 Å². The molecule has 7 rings (SSSR count). The normalized spacial score (nSPS) is 18.0. The summed E-state index contributed by atoms with van der Waals surface area (Å²) in [5, 5.41) is 15.0. The predicted octanol–water partition coefficient (Wildman–Crippen LogP) is 3.48. The lowest BCUT2D eigenvalue weighted by atomic mass is 10.1. The summed E-state index contributed by atoms with van der Waals surface area (Å²) in [5.74, 6) is 2.79. The molecule has 4 aromatic heterocycles. The van der Waals surface area contributed by atoms with E-state index in [0.29, 0.717) is 28.8 Å². The Morgan fingerprint density at radius 1 is 1.00 bits per heavy atom. The molecule has 0 saturated carbocycles. The van der Waals surface area contributed by atoms with Crippen LogP contribution in [0.25, 0.3) is 22.7 Å². The second-order valence-corrected chi connectivity index (χ2v) is 10.8. The lowest BCUT2D eigenvalue weighted by molar-refractivity contribution is -0.0593. The van der Waals surface area contributed by atoms with Gasteiger partial charge in [0.2, 0.25) is 11.7 Å². The number of ether oxygens (including phenoxy) is 2. The lowest BCUT2D eigenvalue weighted by Gasteiger charge is -2.32. The number of benzene rings is 1. The van der Waals surface area contributed by atoms with Crippen LogP contribution in [0.4, 0.5) is 0 Å². The number of halogens is 1. The van der Waals surface area contributed by atoms with Gasteiger partial charge < -0.3 is 14.0 Å². The summed E-state index contributed by atoms with van der Waals surface area (Å²) in [4.78, 5) is 21.3. The molecule has 13 heteroatoms. The molecule has 0 aliphatic carbocycles. The van der Waals surface area contributed by atoms with Gasteiger partial charge in [0.25, 0.3) is 0 Å². The number of rotatable bonds is 9. The Kier molecular flexibility index (Phi) is 7.26. The van der Waals surface area contributed by atoms with Crippen LogP contribution in [0.1, 0.15) is 36.5 Å². The molecule has 0 radical (unpaired) electrons. The molecule has 1 unspecified atom stereocenters. The standard InChI is InChI=1S/C28H29ClN10O2/c29-19-3-1-18(2-4-19)15-24-30-11-7-26(33-24)41-20-8-12-38(13-9-20)17-25-31-23-6-5-22(27-34-36-37-35-27)32-28(23)39(25)16-21-10-14-40-21/h1-7,11,20-21H,8-10,12-17H2,(H,34,35,36,37). The third kappa shape index (κ3) is 5.90. The summed E-state index contributed by atoms with van der Waals surface area (Å²) >= 11 is 6.01. The van der Waals surface area contributed by atoms with Gasteiger partial charge in [-0.3, -0.25) is 4.90 Å². The second-order valence-electron chi connectivity index (χ2n) is 10.4. The fourth-order valence-electron chi connectivity index (χ4n) is 5.26. The highest BCUT2D eigenvalue weighted by Gasteiger charge is 2.26. The van der Waals surface area contributed by atoms with Gasteiger partial charge in [0.1, 0.15) is 29.0 Å². The predicted molar refractivity (Wildman–Crippen MR) is 150 cm³/mol. The van der Waals surface area contributed by atoms with Gasteiger partial charge in [0.05, 0.1) is 19.2 Å². The van der Waals surface area contributed by atoms with Gasteiger partial charge >= 0.3 is 0 Å². The number of likely N-dealkylation sites (tertiary alicyclic amines) is 1. The van der Waals surface area contributed by atoms with Crippen LogP contribution in [-0.4, -0.2) is 81.9 Å². The van der Waals surface area contributed by atoms with Gasteiger partial charge in [0, 0.05) is 43.4 Å². The summed E-state index contributed by atoms with van der Waals surface area (Å²) in [6.07, 6.45) is 5.52. The molecule has 2 aliphatic heterocycles. The average molecular weight is 573 g/mol. The molecule has 210 valence electrons. The molecule has 5 aromatic rings. The molecular formula is C28H29ClN10O2. The number of aromatic amines is 1. The molecule has 0 spiro atoms. The first-order valence-corrected chi connectivity index (χ1v) is 14.2. The Morgan fingerprint density at radius 3 is 2.61 bits per heavy atom. The maximum Gasteiger partial charge on any atom is 0.223 e. The van der Waals surface area contributed by atoms with Crippen LogP contribution in [0.15, 0.2) is 48.7 Å². The Bertz CT molecular complexity index is 1610. The van der Waals surface area contributed by atoms with Crippen molar-refractivity contribution >= 4 is 22.8 Å². The van der Waals surface area contributed by atoms with Gasteiger partial charge in [-0.15, -0.1) is 10.2 Å². The zero-order valence-corrected chi connectivity index (χ0v) is 23.1. The first-order valence-electron chi connectivity index (χ1n) is 13.8. The minimum Gasteiger partial charge on any atom is -0.474 e. The molecular weight excluding hydrogens is 544 g/mol. The molecule has 1 aromatic carbocycles. The molecule has 2 fully saturated rings. The zero-order chi connectivity index (χ0) is 27.6. The average Bonchev–Trinajstić information content (AvgIpc) is 3.61. The minimum atomic E-state index is 0.103. The minimum absolute atomic E-state index is 0.103. The number of piperidine rings is 1. The molecule has 1 N–H and O–H groups in total. The van der Waals surface area contributed by atoms with Crippen LogP contribution in [0.2, 0.25) is 5.02 Å². The molecule has 2 saturated heterocycles. The monoisotopic (exact) mass is 572 g/mol. The van der Waals surface area contributed by atoms with E-state index in [1.807, 2.05) is 42.5 Å². The van der Waals surface area contributed by atoms with E-state index in [9.17, 15) is 0 Å². The van der Waals surface area contributed by atoms with Gasteiger partial charge in [-0.2, -0.15) is 10.2 Å². The van der Waals surface area contributed by atoms with Crippen molar-refractivity contribution < 1.29 is 9.47 Å². The molecule has 0 bridgehead atoms. The van der Waals surface area contributed by atoms with Crippen LogP contribution in [0.5, 0.6) is 5.88 Å². The van der Waals surface area contributed by atoms with Crippen molar-refractivity contribution in [1.29, 1.82) is 0 Å². The van der Waals surface area contributed by atoms with Crippen molar-refractivity contribution in [2.75, 3.05) is 19.7 Å². The highest BCUT2D eigenvalue weighted by molar-refractivity contribution is 6.30. The summed E-state index contributed by atoms with van der Waals surface area (Å²) < 4.78 is 14.2. The molecule has 6 heterocycles. The maximum atomic E-state index is 6.28. The summed E-state index contributed by atoms with van der Waals surface area (Å²) in [7, 11) is 0. The maximum absolute atomic E-state index is 6.28. The number of tetrazole rings is 1. The van der Waals surface area contributed by atoms with Gasteiger partial charge in [-0.1, -0.05) is 23.7 Å². The number of aromatic nitrogens is 9. The number of imidazole rings is 1. The van der Waals surface area contributed by atoms with E-state index in [0.717, 1.165) is 80.4 Å². The van der Waals surface area contributed by atoms with Gasteiger partial charge in [0.15, 0.2) is 5.65 Å². The second kappa shape index (κ2) is 11.5. The molecule has 12 nitrogen and oxygen atoms in total. The van der Waals surface area contributed by atoms with Crippen molar-refractivity contribution in [3.8, 4) is 17.4 Å². The van der Waals surface area contributed by atoms with Gasteiger partial charge in [-0.05, 0) is 54.3 Å². The summed E-state index contributed by atoms with van der Waals surface area (Å²) in [5.41, 5.74) is 3.43. The zero-order valence-electron chi connectivity index (χ0n) is 22.4. The van der Waals surface area contributed by atoms with Crippen LogP contribution in [0.3, 0.4) is 0 Å². The van der Waals surface area contributed by atoms with Crippen LogP contribution >= 0.6 is 11.6 Å². The Morgan fingerprint density at radius 2 is 1.85 bits per heavy atom. The molecule has 2 aliphatic rings. The van der Waals surface area contributed by atoms with E-state index in [1.54, 1.807) is 6.20 Å². The van der Waals surface area contributed by atoms with Crippen LogP contribution in [-0.2, 0) is 24.2 Å². The first-order chi connectivity index (χ1) is 20.2. The number of H-pyrrole nitrogens is 1. The highest BCUT2D eigenvalue weighted by Crippen LogP contribution is 2.25. The van der Waals surface area contributed by atoms with Crippen molar-refractivity contribution in [3.05, 3.63) is 70.9 Å². The topological polar surface area (TPSA) is 133 Å². The van der Waals surface area contributed by atoms with Crippen molar-refractivity contribution in [2.24, 2.45) is 0 Å². The Balaban J connectivity index is 1.01. The lowest BCUT2D eigenvalue weighted by Crippen LogP contribution is -2.39. The molecule has 0 amide bonds. The van der Waals surface area contributed by atoms with Crippen molar-refractivity contribution in [3.63, 3.8) is 0 Å². The fraction of sp³-hybridized carbons (Fsp3) is 0.393. The number of hydrogen-bond acceptors (Lipinski definition) is 10. The Hall–Kier alpha value is -4.00. The van der Waals surface area contributed by atoms with Crippen molar-refractivity contribution in [2.45, 2.75) is 51.0 Å². The quantitative estimate of drug-likeness (QED) is 0.280. The van der Waals surface area contributed by atoms with E-state index in [2.05, 4.69) is 40.1 Å². The number of hydrogen-bond donors (Lipinski definition) is 1. The molecule has 41 heavy (non-hydrogen) atoms. The number of nitrogens with one attached hydrogen (secondary N) is 1. The third-order valence-corrected chi connectivity index (χ3v) is 7.82. The first kappa shape index (κ1) is 25.9. The van der Waals surface area contributed by atoms with Crippen LogP contribution < -0.4 is 4.74 Å². The van der Waals surface area contributed by atoms with E-state index >= 15 is 0 Å². The van der Waals surface area contributed by atoms with Gasteiger partial charge in [-0.25, -0.2) is 15.0 Å². The van der Waals surface area contributed by atoms with E-state index in [1.165, 1.54) is 0 Å². The Labute approximate surface area is 241 Å². The number of pyridine rings is 1. The molecule has 1 atom stereocenters. The largest absolute Gasteiger partial charge is 0.474 e. The smallest absolute Gasteiger partial charge is 0.223 e. The summed E-state index contributed by atoms with van der Waals surface area (Å²) in [6.45, 7) is 4.05. The number of fused-ring (bicyclic) bond motifs is 1. The SMILES string of the molecule is Clc1ccc(Cc2nccc(OC3CCN(Cc4nc5ccc(-c6nn[nH]n6)nc5n4CC4CCO4)CC3)n2)cc1. The highest BCUT2D eigenvalue weighted by atomic mass is 35.5. The van der Waals surface area contributed by atoms with Crippen molar-refractivity contribution in [1.82, 2.24) is 50.0 Å².